The van der Waals surface area contributed by atoms with E-state index in [4.69, 9.17) is 20.3 Å². The molecule has 0 bridgehead atoms. The zero-order valence-corrected chi connectivity index (χ0v) is 14.6. The summed E-state index contributed by atoms with van der Waals surface area (Å²) in [4.78, 5) is 38.0. The third-order valence-corrected chi connectivity index (χ3v) is 4.23. The summed E-state index contributed by atoms with van der Waals surface area (Å²) in [5, 5.41) is 18.7. The van der Waals surface area contributed by atoms with Crippen LogP contribution in [0.5, 0.6) is 0 Å². The van der Waals surface area contributed by atoms with Gasteiger partial charge >= 0.3 is 23.6 Å². The third kappa shape index (κ3) is 3.93. The number of nitrogen functional groups attached to an aromatic ring is 1. The molecule has 0 aliphatic carbocycles. The predicted molar refractivity (Wildman–Crippen MR) is 91.5 cm³/mol. The van der Waals surface area contributed by atoms with Gasteiger partial charge in [-0.15, -0.1) is 0 Å². The molecule has 1 saturated heterocycles. The number of anilines is 1. The number of carbonyl (C=O) groups excluding carboxylic acids is 1. The molecule has 2 aromatic rings. The molecule has 1 aromatic carbocycles. The molecular weight excluding hydrogens is 396 g/mol. The van der Waals surface area contributed by atoms with E-state index in [0.717, 1.165) is 12.3 Å². The molecule has 0 spiro atoms. The molecular formula is C17H15F2N3O7. The number of nitrogens with zero attached hydrogens (tertiary/aromatic N) is 2. The number of hydrogen-bond donors (Lipinski definition) is 3. The highest BCUT2D eigenvalue weighted by molar-refractivity contribution is 5.92. The van der Waals surface area contributed by atoms with Gasteiger partial charge in [-0.2, -0.15) is 13.8 Å². The molecule has 1 aliphatic heterocycles. The highest BCUT2D eigenvalue weighted by Crippen LogP contribution is 2.42. The Kier molecular flexibility index (Phi) is 5.31. The molecule has 10 nitrogen and oxygen atoms in total. The maximum Gasteiger partial charge on any atom is 0.351 e. The minimum absolute atomic E-state index is 0.0234. The Bertz CT molecular complexity index is 993. The fourth-order valence-electron chi connectivity index (χ4n) is 2.70. The number of rotatable bonds is 5. The van der Waals surface area contributed by atoms with E-state index in [1.54, 1.807) is 0 Å². The number of halogens is 2. The summed E-state index contributed by atoms with van der Waals surface area (Å²) in [6, 6.07) is 5.83. The van der Waals surface area contributed by atoms with Crippen molar-refractivity contribution in [3.63, 3.8) is 0 Å². The van der Waals surface area contributed by atoms with Crippen molar-refractivity contribution in [1.29, 1.82) is 0 Å². The topological polar surface area (TPSA) is 154 Å². The summed E-state index contributed by atoms with van der Waals surface area (Å²) in [5.74, 6) is -6.17. The largest absolute Gasteiger partial charge is 0.478 e. The first-order valence-electron chi connectivity index (χ1n) is 8.17. The van der Waals surface area contributed by atoms with Gasteiger partial charge in [-0.1, -0.05) is 0 Å². The Morgan fingerprint density at radius 1 is 1.24 bits per heavy atom. The summed E-state index contributed by atoms with van der Waals surface area (Å²) in [6.07, 6.45) is -5.20. The first-order valence-corrected chi connectivity index (χ1v) is 8.17. The highest BCUT2D eigenvalue weighted by atomic mass is 19.3. The van der Waals surface area contributed by atoms with Crippen LogP contribution in [0.1, 0.15) is 26.9 Å². The van der Waals surface area contributed by atoms with Gasteiger partial charge < -0.3 is 25.4 Å². The van der Waals surface area contributed by atoms with Gasteiger partial charge in [-0.25, -0.2) is 14.4 Å². The quantitative estimate of drug-likeness (QED) is 0.588. The van der Waals surface area contributed by atoms with E-state index in [9.17, 15) is 28.3 Å². The third-order valence-electron chi connectivity index (χ3n) is 4.23. The molecule has 0 radical (unpaired) electrons. The fourth-order valence-corrected chi connectivity index (χ4v) is 2.70. The first-order chi connectivity index (χ1) is 13.6. The van der Waals surface area contributed by atoms with Crippen molar-refractivity contribution in [2.75, 3.05) is 12.3 Å². The predicted octanol–water partition coefficient (Wildman–Crippen LogP) is 0.274. The lowest BCUT2D eigenvalue weighted by atomic mass is 10.1. The molecule has 0 saturated carbocycles. The number of carbonyl (C=O) groups is 2. The number of ether oxygens (including phenoxy) is 2. The van der Waals surface area contributed by atoms with Crippen LogP contribution in [-0.2, 0) is 9.47 Å². The van der Waals surface area contributed by atoms with E-state index in [1.807, 2.05) is 0 Å². The smallest absolute Gasteiger partial charge is 0.351 e. The average molecular weight is 411 g/mol. The Labute approximate surface area is 161 Å². The van der Waals surface area contributed by atoms with Crippen LogP contribution < -0.4 is 11.4 Å². The van der Waals surface area contributed by atoms with Gasteiger partial charge in [0.15, 0.2) is 6.10 Å². The number of aromatic nitrogens is 2. The molecule has 1 aliphatic rings. The van der Waals surface area contributed by atoms with Crippen LogP contribution in [0.3, 0.4) is 0 Å². The summed E-state index contributed by atoms with van der Waals surface area (Å²) in [6.45, 7) is -0.732. The van der Waals surface area contributed by atoms with Crippen molar-refractivity contribution in [2.45, 2.75) is 24.4 Å². The number of hydrogen-bond acceptors (Lipinski definition) is 8. The lowest BCUT2D eigenvalue weighted by molar-refractivity contribution is -0.141. The molecule has 1 aromatic heterocycles. The van der Waals surface area contributed by atoms with Crippen molar-refractivity contribution in [1.82, 2.24) is 9.55 Å². The molecule has 3 rings (SSSR count). The SMILES string of the molecule is Nc1ccn([C@@H]2O[C@H](COC(=O)c3ccc(C(=O)O)cc3)[C@@H](O)C2(F)F)c(=O)n1. The van der Waals surface area contributed by atoms with Crippen molar-refractivity contribution < 1.29 is 38.1 Å². The standard InChI is InChI=1S/C17H15F2N3O7/c18-17(19)12(23)10(29-15(17)22-6-5-11(20)21-16(22)27)7-28-14(26)9-3-1-8(2-4-9)13(24)25/h1-6,10,12,15,23H,7H2,(H,24,25)(H2,20,21,27)/t10-,12-,15-/m1/s1. The van der Waals surface area contributed by atoms with Crippen LogP contribution in [0.25, 0.3) is 0 Å². The Hall–Kier alpha value is -3.38. The van der Waals surface area contributed by atoms with Crippen LogP contribution in [-0.4, -0.2) is 56.4 Å². The molecule has 1 fully saturated rings. The molecule has 2 heterocycles. The van der Waals surface area contributed by atoms with Crippen LogP contribution in [0.15, 0.2) is 41.3 Å². The Morgan fingerprint density at radius 2 is 1.86 bits per heavy atom. The normalized spacial score (nSPS) is 22.9. The number of alkyl halides is 2. The summed E-state index contributed by atoms with van der Waals surface area (Å²) in [5.41, 5.74) is 4.14. The number of carboxylic acid groups (broad SMARTS) is 1. The number of aromatic carboxylic acids is 1. The average Bonchev–Trinajstić information content (AvgIpc) is 2.89. The zero-order valence-electron chi connectivity index (χ0n) is 14.6. The maximum atomic E-state index is 14.4. The van der Waals surface area contributed by atoms with Crippen LogP contribution in [0.2, 0.25) is 0 Å². The number of nitrogens with two attached hydrogens (primary N) is 1. The van der Waals surface area contributed by atoms with Gasteiger partial charge in [0.25, 0.3) is 0 Å². The molecule has 4 N–H and O–H groups in total. The van der Waals surface area contributed by atoms with Crippen molar-refractivity contribution >= 4 is 17.8 Å². The van der Waals surface area contributed by atoms with E-state index in [2.05, 4.69) is 4.98 Å². The van der Waals surface area contributed by atoms with Crippen molar-refractivity contribution in [3.05, 3.63) is 58.1 Å². The molecule has 12 heteroatoms. The second-order valence-corrected chi connectivity index (χ2v) is 6.17. The second kappa shape index (κ2) is 7.56. The van der Waals surface area contributed by atoms with Gasteiger partial charge in [-0.05, 0) is 30.3 Å². The molecule has 3 atom stereocenters. The maximum absolute atomic E-state index is 14.4. The van der Waals surface area contributed by atoms with Crippen LogP contribution in [0, 0.1) is 0 Å². The number of aliphatic hydroxyl groups excluding tert-OH is 1. The monoisotopic (exact) mass is 411 g/mol. The zero-order chi connectivity index (χ0) is 21.3. The number of benzene rings is 1. The van der Waals surface area contributed by atoms with E-state index in [1.165, 1.54) is 24.3 Å². The molecule has 0 amide bonds. The molecule has 154 valence electrons. The van der Waals surface area contributed by atoms with Gasteiger partial charge in [0.05, 0.1) is 11.1 Å². The van der Waals surface area contributed by atoms with E-state index >= 15 is 0 Å². The fraction of sp³-hybridized carbons (Fsp3) is 0.294. The highest BCUT2D eigenvalue weighted by Gasteiger charge is 2.60. The Morgan fingerprint density at radius 3 is 2.45 bits per heavy atom. The number of aliphatic hydroxyl groups is 1. The lowest BCUT2D eigenvalue weighted by Crippen LogP contribution is -2.42. The lowest BCUT2D eigenvalue weighted by Gasteiger charge is -2.20. The Balaban J connectivity index is 1.70. The minimum atomic E-state index is -3.87. The van der Waals surface area contributed by atoms with Crippen LogP contribution in [0.4, 0.5) is 14.6 Å². The number of carboxylic acids is 1. The van der Waals surface area contributed by atoms with E-state index in [0.29, 0.717) is 4.57 Å². The van der Waals surface area contributed by atoms with Gasteiger partial charge in [-0.3, -0.25) is 4.57 Å². The van der Waals surface area contributed by atoms with Crippen molar-refractivity contribution in [2.24, 2.45) is 0 Å². The van der Waals surface area contributed by atoms with Gasteiger partial charge in [0, 0.05) is 6.20 Å². The summed E-state index contributed by atoms with van der Waals surface area (Å²) in [7, 11) is 0. The second-order valence-electron chi connectivity index (χ2n) is 6.17. The van der Waals surface area contributed by atoms with E-state index < -0.39 is 48.6 Å². The van der Waals surface area contributed by atoms with Crippen molar-refractivity contribution in [3.8, 4) is 0 Å². The van der Waals surface area contributed by atoms with E-state index in [-0.39, 0.29) is 16.9 Å². The summed E-state index contributed by atoms with van der Waals surface area (Å²) < 4.78 is 39.2. The first kappa shape index (κ1) is 20.4. The molecule has 29 heavy (non-hydrogen) atoms. The minimum Gasteiger partial charge on any atom is -0.478 e. The summed E-state index contributed by atoms with van der Waals surface area (Å²) >= 11 is 0. The van der Waals surface area contributed by atoms with Gasteiger partial charge in [0.1, 0.15) is 18.5 Å². The molecule has 0 unspecified atom stereocenters. The number of esters is 1. The van der Waals surface area contributed by atoms with Gasteiger partial charge in [0.2, 0.25) is 6.23 Å². The van der Waals surface area contributed by atoms with Crippen LogP contribution >= 0.6 is 0 Å².